The molecule has 1 aliphatic rings. The molecule has 1 fully saturated rings. The van der Waals surface area contributed by atoms with E-state index < -0.39 is 0 Å². The van der Waals surface area contributed by atoms with Crippen molar-refractivity contribution in [3.8, 4) is 11.5 Å². The highest BCUT2D eigenvalue weighted by Gasteiger charge is 2.23. The molecule has 1 N–H and O–H groups in total. The Bertz CT molecular complexity index is 1540. The van der Waals surface area contributed by atoms with Gasteiger partial charge in [-0.05, 0) is 63.3 Å². The molecule has 182 valence electrons. The van der Waals surface area contributed by atoms with Crippen molar-refractivity contribution < 1.29 is 0 Å². The van der Waals surface area contributed by atoms with Crippen molar-refractivity contribution in [3.63, 3.8) is 0 Å². The van der Waals surface area contributed by atoms with Crippen LogP contribution in [0.1, 0.15) is 48.9 Å². The number of fused-ring (bicyclic) bond motifs is 3. The summed E-state index contributed by atoms with van der Waals surface area (Å²) in [5.74, 6) is 1.40. The lowest BCUT2D eigenvalue weighted by Crippen LogP contribution is -2.32. The van der Waals surface area contributed by atoms with Crippen LogP contribution in [0.15, 0.2) is 55.0 Å². The monoisotopic (exact) mass is 478 g/mol. The van der Waals surface area contributed by atoms with Gasteiger partial charge in [0.2, 0.25) is 11.8 Å². The maximum absolute atomic E-state index is 5.27. The van der Waals surface area contributed by atoms with Gasteiger partial charge < -0.3 is 10.2 Å². The van der Waals surface area contributed by atoms with E-state index in [2.05, 4.69) is 77.4 Å². The number of nitrogens with zero attached hydrogens (tertiary/aromatic N) is 7. The van der Waals surface area contributed by atoms with Crippen molar-refractivity contribution in [1.82, 2.24) is 29.5 Å². The van der Waals surface area contributed by atoms with E-state index in [1.165, 1.54) is 12.0 Å². The predicted octanol–water partition coefficient (Wildman–Crippen LogP) is 5.51. The molecule has 1 aliphatic heterocycles. The number of anilines is 2. The van der Waals surface area contributed by atoms with Gasteiger partial charge in [0.1, 0.15) is 5.69 Å². The van der Waals surface area contributed by atoms with Crippen molar-refractivity contribution in [2.45, 2.75) is 46.1 Å². The lowest BCUT2D eigenvalue weighted by Gasteiger charge is -2.28. The SMILES string of the molecule is Cc1cc(C(C)Nc2ccccc2C)c2nc(N3CCCCC3)n3nc(-c4cnccn4)nc3c2c1. The summed E-state index contributed by atoms with van der Waals surface area (Å²) in [5.41, 5.74) is 7.07. The number of para-hydroxylation sites is 1. The van der Waals surface area contributed by atoms with Crippen molar-refractivity contribution >= 4 is 28.2 Å². The molecule has 0 radical (unpaired) electrons. The summed E-state index contributed by atoms with van der Waals surface area (Å²) in [7, 11) is 0. The first-order valence-electron chi connectivity index (χ1n) is 12.6. The summed E-state index contributed by atoms with van der Waals surface area (Å²) in [6, 6.07) is 12.8. The minimum Gasteiger partial charge on any atom is -0.378 e. The molecule has 8 nitrogen and oxygen atoms in total. The standard InChI is InChI=1S/C28H30N8/c1-18-15-21(20(3)31-23-10-6-5-9-19(23)2)25-22(16-18)27-33-26(24-17-29-11-12-30-24)34-36(27)28(32-25)35-13-7-4-8-14-35/h5-6,9-12,15-17,20,31H,4,7-8,13-14H2,1-3H3. The second-order valence-electron chi connectivity index (χ2n) is 9.65. The van der Waals surface area contributed by atoms with E-state index >= 15 is 0 Å². The third-order valence-electron chi connectivity index (χ3n) is 6.95. The van der Waals surface area contributed by atoms with Crippen molar-refractivity contribution in [2.24, 2.45) is 0 Å². The fourth-order valence-electron chi connectivity index (χ4n) is 5.07. The first kappa shape index (κ1) is 22.4. The van der Waals surface area contributed by atoms with Crippen LogP contribution in [0.2, 0.25) is 0 Å². The highest BCUT2D eigenvalue weighted by molar-refractivity contribution is 5.96. The Labute approximate surface area is 210 Å². The number of rotatable bonds is 5. The molecule has 0 saturated carbocycles. The largest absolute Gasteiger partial charge is 0.378 e. The minimum absolute atomic E-state index is 0.0556. The van der Waals surface area contributed by atoms with Crippen molar-refractivity contribution in [3.05, 3.63) is 71.7 Å². The molecule has 1 atom stereocenters. The van der Waals surface area contributed by atoms with E-state index in [1.807, 2.05) is 4.52 Å². The molecule has 36 heavy (non-hydrogen) atoms. The second-order valence-corrected chi connectivity index (χ2v) is 9.65. The number of piperidine rings is 1. The van der Waals surface area contributed by atoms with Crippen LogP contribution < -0.4 is 10.2 Å². The van der Waals surface area contributed by atoms with E-state index in [9.17, 15) is 0 Å². The molecule has 2 aromatic carbocycles. The van der Waals surface area contributed by atoms with E-state index in [1.54, 1.807) is 18.6 Å². The van der Waals surface area contributed by atoms with Crippen LogP contribution in [0.3, 0.4) is 0 Å². The lowest BCUT2D eigenvalue weighted by atomic mass is 10.0. The molecule has 0 amide bonds. The Morgan fingerprint density at radius 3 is 2.58 bits per heavy atom. The maximum Gasteiger partial charge on any atom is 0.229 e. The second kappa shape index (κ2) is 9.18. The zero-order chi connectivity index (χ0) is 24.6. The van der Waals surface area contributed by atoms with Crippen molar-refractivity contribution in [1.29, 1.82) is 0 Å². The van der Waals surface area contributed by atoms with Gasteiger partial charge in [-0.15, -0.1) is 5.10 Å². The van der Waals surface area contributed by atoms with Crippen LogP contribution in [-0.4, -0.2) is 42.6 Å². The van der Waals surface area contributed by atoms with Crippen LogP contribution in [0.5, 0.6) is 0 Å². The summed E-state index contributed by atoms with van der Waals surface area (Å²) in [6.45, 7) is 8.38. The Balaban J connectivity index is 1.56. The van der Waals surface area contributed by atoms with Crippen LogP contribution in [0, 0.1) is 13.8 Å². The van der Waals surface area contributed by atoms with Crippen molar-refractivity contribution in [2.75, 3.05) is 23.3 Å². The number of nitrogens with one attached hydrogen (secondary N) is 1. The van der Waals surface area contributed by atoms with Gasteiger partial charge in [0.25, 0.3) is 0 Å². The number of benzene rings is 2. The summed E-state index contributed by atoms with van der Waals surface area (Å²) < 4.78 is 1.90. The molecule has 1 unspecified atom stereocenters. The quantitative estimate of drug-likeness (QED) is 0.356. The summed E-state index contributed by atoms with van der Waals surface area (Å²) >= 11 is 0. The average molecular weight is 479 g/mol. The minimum atomic E-state index is 0.0556. The fraction of sp³-hybridized carbons (Fsp3) is 0.321. The molecule has 3 aromatic heterocycles. The summed E-state index contributed by atoms with van der Waals surface area (Å²) in [6.07, 6.45) is 8.59. The Morgan fingerprint density at radius 2 is 1.81 bits per heavy atom. The van der Waals surface area contributed by atoms with Crippen LogP contribution in [0.4, 0.5) is 11.6 Å². The van der Waals surface area contributed by atoms with Crippen LogP contribution >= 0.6 is 0 Å². The predicted molar refractivity (Wildman–Crippen MR) is 143 cm³/mol. The number of hydrogen-bond donors (Lipinski definition) is 1. The molecular weight excluding hydrogens is 448 g/mol. The maximum atomic E-state index is 5.27. The zero-order valence-corrected chi connectivity index (χ0v) is 20.9. The molecule has 6 rings (SSSR count). The number of hydrogen-bond acceptors (Lipinski definition) is 7. The highest BCUT2D eigenvalue weighted by Crippen LogP contribution is 2.33. The molecule has 1 saturated heterocycles. The molecule has 4 heterocycles. The molecular formula is C28H30N8. The zero-order valence-electron chi connectivity index (χ0n) is 20.9. The third-order valence-corrected chi connectivity index (χ3v) is 6.95. The first-order chi connectivity index (χ1) is 17.6. The van der Waals surface area contributed by atoms with Gasteiger partial charge in [-0.2, -0.15) is 4.52 Å². The normalized spacial score (nSPS) is 14.9. The Kier molecular flexibility index (Phi) is 5.71. The van der Waals surface area contributed by atoms with E-state index in [4.69, 9.17) is 15.1 Å². The van der Waals surface area contributed by atoms with Gasteiger partial charge in [-0.25, -0.2) is 15.0 Å². The lowest BCUT2D eigenvalue weighted by molar-refractivity contribution is 0.563. The van der Waals surface area contributed by atoms with Crippen LogP contribution in [-0.2, 0) is 0 Å². The molecule has 0 spiro atoms. The van der Waals surface area contributed by atoms with Crippen LogP contribution in [0.25, 0.3) is 28.1 Å². The topological polar surface area (TPSA) is 84.1 Å². The number of aryl methyl sites for hydroxylation is 2. The van der Waals surface area contributed by atoms with Gasteiger partial charge in [0.05, 0.1) is 17.8 Å². The van der Waals surface area contributed by atoms with E-state index in [-0.39, 0.29) is 6.04 Å². The summed E-state index contributed by atoms with van der Waals surface area (Å²) in [5, 5.41) is 9.58. The van der Waals surface area contributed by atoms with Gasteiger partial charge in [0.15, 0.2) is 5.65 Å². The molecule has 0 aliphatic carbocycles. The van der Waals surface area contributed by atoms with E-state index in [0.29, 0.717) is 11.5 Å². The van der Waals surface area contributed by atoms with Gasteiger partial charge >= 0.3 is 0 Å². The first-order valence-corrected chi connectivity index (χ1v) is 12.6. The molecule has 5 aromatic rings. The third kappa shape index (κ3) is 4.02. The molecule has 0 bridgehead atoms. The van der Waals surface area contributed by atoms with Gasteiger partial charge in [-0.1, -0.05) is 24.3 Å². The number of aromatic nitrogens is 6. The van der Waals surface area contributed by atoms with E-state index in [0.717, 1.165) is 65.2 Å². The molecule has 8 heteroatoms. The van der Waals surface area contributed by atoms with Gasteiger partial charge in [0, 0.05) is 42.1 Å². The van der Waals surface area contributed by atoms with Gasteiger partial charge in [-0.3, -0.25) is 4.98 Å². The fourth-order valence-corrected chi connectivity index (χ4v) is 5.07. The average Bonchev–Trinajstić information content (AvgIpc) is 3.36. The Morgan fingerprint density at radius 1 is 0.972 bits per heavy atom. The Hall–Kier alpha value is -4.07. The smallest absolute Gasteiger partial charge is 0.229 e. The summed E-state index contributed by atoms with van der Waals surface area (Å²) in [4.78, 5) is 21.2. The highest BCUT2D eigenvalue weighted by atomic mass is 15.4.